The molecule has 74 valence electrons. The van der Waals surface area contributed by atoms with Crippen LogP contribution in [0.4, 0.5) is 0 Å². The second kappa shape index (κ2) is 3.66. The molecule has 1 amide bonds. The second-order valence-electron chi connectivity index (χ2n) is 4.14. The molecule has 0 bridgehead atoms. The maximum Gasteiger partial charge on any atom is 0.222 e. The molecule has 2 aliphatic heterocycles. The molecule has 2 atom stereocenters. The summed E-state index contributed by atoms with van der Waals surface area (Å²) in [6.45, 7) is 4.28. The molecule has 3 heteroatoms. The Labute approximate surface area is 79.5 Å². The summed E-state index contributed by atoms with van der Waals surface area (Å²) < 4.78 is 0. The summed E-state index contributed by atoms with van der Waals surface area (Å²) in [6, 6.07) is 0.944. The van der Waals surface area contributed by atoms with Gasteiger partial charge in [-0.25, -0.2) is 0 Å². The van der Waals surface area contributed by atoms with Gasteiger partial charge in [0.05, 0.1) is 0 Å². The molecule has 2 aliphatic rings. The predicted octanol–water partition coefficient (Wildman–Crippen LogP) is 0.749. The van der Waals surface area contributed by atoms with Gasteiger partial charge in [-0.3, -0.25) is 4.79 Å². The molecule has 2 saturated heterocycles. The molecule has 0 spiro atoms. The summed E-state index contributed by atoms with van der Waals surface area (Å²) in [4.78, 5) is 13.6. The topological polar surface area (TPSA) is 32.3 Å². The summed E-state index contributed by atoms with van der Waals surface area (Å²) in [7, 11) is 0. The van der Waals surface area contributed by atoms with Crippen molar-refractivity contribution in [3.8, 4) is 0 Å². The Balaban J connectivity index is 2.01. The lowest BCUT2D eigenvalue weighted by atomic mass is 9.98. The Morgan fingerprint density at radius 1 is 1.46 bits per heavy atom. The van der Waals surface area contributed by atoms with Crippen LogP contribution in [0, 0.1) is 0 Å². The summed E-state index contributed by atoms with van der Waals surface area (Å²) in [5.41, 5.74) is 0. The molecule has 0 aromatic carbocycles. The van der Waals surface area contributed by atoms with Gasteiger partial charge >= 0.3 is 0 Å². The van der Waals surface area contributed by atoms with Crippen molar-refractivity contribution in [2.45, 2.75) is 44.7 Å². The zero-order valence-electron chi connectivity index (χ0n) is 8.25. The predicted molar refractivity (Wildman–Crippen MR) is 51.4 cm³/mol. The molecule has 2 heterocycles. The van der Waals surface area contributed by atoms with Gasteiger partial charge in [0.2, 0.25) is 5.91 Å². The molecule has 1 N–H and O–H groups in total. The SMILES string of the molecule is C[C@@H]1NCCC[C@@H]1N1CCCC1=O. The fourth-order valence-electron chi connectivity index (χ4n) is 2.47. The zero-order valence-corrected chi connectivity index (χ0v) is 8.25. The van der Waals surface area contributed by atoms with E-state index in [0.29, 0.717) is 18.0 Å². The van der Waals surface area contributed by atoms with Crippen LogP contribution in [0.25, 0.3) is 0 Å². The van der Waals surface area contributed by atoms with Crippen LogP contribution >= 0.6 is 0 Å². The van der Waals surface area contributed by atoms with Gasteiger partial charge in [-0.2, -0.15) is 0 Å². The van der Waals surface area contributed by atoms with Crippen molar-refractivity contribution in [1.82, 2.24) is 10.2 Å². The number of rotatable bonds is 1. The van der Waals surface area contributed by atoms with Crippen LogP contribution in [0.2, 0.25) is 0 Å². The number of hydrogen-bond donors (Lipinski definition) is 1. The molecule has 13 heavy (non-hydrogen) atoms. The first kappa shape index (κ1) is 9.00. The van der Waals surface area contributed by atoms with Crippen molar-refractivity contribution < 1.29 is 4.79 Å². The number of carbonyl (C=O) groups excluding carboxylic acids is 1. The maximum absolute atomic E-state index is 11.5. The van der Waals surface area contributed by atoms with E-state index in [2.05, 4.69) is 17.1 Å². The van der Waals surface area contributed by atoms with Crippen molar-refractivity contribution in [2.24, 2.45) is 0 Å². The quantitative estimate of drug-likeness (QED) is 0.649. The first-order valence-electron chi connectivity index (χ1n) is 5.32. The van der Waals surface area contributed by atoms with Gasteiger partial charge < -0.3 is 10.2 Å². The van der Waals surface area contributed by atoms with Crippen molar-refractivity contribution in [1.29, 1.82) is 0 Å². The molecule has 2 rings (SSSR count). The monoisotopic (exact) mass is 182 g/mol. The van der Waals surface area contributed by atoms with Crippen LogP contribution in [0.15, 0.2) is 0 Å². The Bertz CT molecular complexity index is 205. The minimum Gasteiger partial charge on any atom is -0.338 e. The highest BCUT2D eigenvalue weighted by atomic mass is 16.2. The molecule has 0 radical (unpaired) electrons. The van der Waals surface area contributed by atoms with Gasteiger partial charge in [0.25, 0.3) is 0 Å². The average Bonchev–Trinajstić information content (AvgIpc) is 2.52. The Morgan fingerprint density at radius 3 is 2.92 bits per heavy atom. The first-order chi connectivity index (χ1) is 6.29. The number of amides is 1. The largest absolute Gasteiger partial charge is 0.338 e. The van der Waals surface area contributed by atoms with Crippen molar-refractivity contribution in [2.75, 3.05) is 13.1 Å². The van der Waals surface area contributed by atoms with E-state index in [-0.39, 0.29) is 0 Å². The van der Waals surface area contributed by atoms with Crippen molar-refractivity contribution in [3.63, 3.8) is 0 Å². The molecule has 0 aliphatic carbocycles. The molecule has 0 aromatic heterocycles. The molecule has 2 fully saturated rings. The highest BCUT2D eigenvalue weighted by molar-refractivity contribution is 5.78. The van der Waals surface area contributed by atoms with E-state index in [9.17, 15) is 4.79 Å². The van der Waals surface area contributed by atoms with Gasteiger partial charge in [-0.05, 0) is 32.7 Å². The van der Waals surface area contributed by atoms with Gasteiger partial charge in [0.15, 0.2) is 0 Å². The van der Waals surface area contributed by atoms with E-state index in [1.165, 1.54) is 12.8 Å². The van der Waals surface area contributed by atoms with E-state index >= 15 is 0 Å². The first-order valence-corrected chi connectivity index (χ1v) is 5.32. The van der Waals surface area contributed by atoms with Gasteiger partial charge in [-0.1, -0.05) is 0 Å². The van der Waals surface area contributed by atoms with Crippen LogP contribution in [0.5, 0.6) is 0 Å². The number of likely N-dealkylation sites (tertiary alicyclic amines) is 1. The van der Waals surface area contributed by atoms with E-state index in [1.807, 2.05) is 0 Å². The van der Waals surface area contributed by atoms with Gasteiger partial charge in [0.1, 0.15) is 0 Å². The Morgan fingerprint density at radius 2 is 2.31 bits per heavy atom. The lowest BCUT2D eigenvalue weighted by Gasteiger charge is -2.36. The molecule has 0 unspecified atom stereocenters. The minimum atomic E-state index is 0.362. The van der Waals surface area contributed by atoms with Gasteiger partial charge in [0, 0.05) is 25.0 Å². The van der Waals surface area contributed by atoms with Crippen LogP contribution < -0.4 is 5.32 Å². The van der Waals surface area contributed by atoms with E-state index in [0.717, 1.165) is 25.9 Å². The van der Waals surface area contributed by atoms with Gasteiger partial charge in [-0.15, -0.1) is 0 Å². The van der Waals surface area contributed by atoms with E-state index in [1.54, 1.807) is 0 Å². The van der Waals surface area contributed by atoms with Crippen LogP contribution in [0.1, 0.15) is 32.6 Å². The normalized spacial score (nSPS) is 35.5. The highest BCUT2D eigenvalue weighted by Gasteiger charge is 2.32. The molecule has 0 aromatic rings. The number of hydrogen-bond acceptors (Lipinski definition) is 2. The average molecular weight is 182 g/mol. The van der Waals surface area contributed by atoms with Crippen LogP contribution in [0.3, 0.4) is 0 Å². The van der Waals surface area contributed by atoms with Crippen LogP contribution in [-0.2, 0) is 4.79 Å². The summed E-state index contributed by atoms with van der Waals surface area (Å²) in [6.07, 6.45) is 4.21. The minimum absolute atomic E-state index is 0.362. The second-order valence-corrected chi connectivity index (χ2v) is 4.14. The molecule has 3 nitrogen and oxygen atoms in total. The smallest absolute Gasteiger partial charge is 0.222 e. The fraction of sp³-hybridized carbons (Fsp3) is 0.900. The van der Waals surface area contributed by atoms with E-state index in [4.69, 9.17) is 0 Å². The van der Waals surface area contributed by atoms with Crippen molar-refractivity contribution in [3.05, 3.63) is 0 Å². The number of piperidine rings is 1. The fourth-order valence-corrected chi connectivity index (χ4v) is 2.47. The molecule has 0 saturated carbocycles. The summed E-state index contributed by atoms with van der Waals surface area (Å²) >= 11 is 0. The number of carbonyl (C=O) groups is 1. The third kappa shape index (κ3) is 1.70. The van der Waals surface area contributed by atoms with Crippen molar-refractivity contribution >= 4 is 5.91 Å². The third-order valence-electron chi connectivity index (χ3n) is 3.23. The zero-order chi connectivity index (χ0) is 9.26. The van der Waals surface area contributed by atoms with E-state index < -0.39 is 0 Å². The Kier molecular flexibility index (Phi) is 2.54. The molecular formula is C10H18N2O. The number of nitrogens with zero attached hydrogens (tertiary/aromatic N) is 1. The lowest BCUT2D eigenvalue weighted by Crippen LogP contribution is -2.52. The van der Waals surface area contributed by atoms with Crippen LogP contribution in [-0.4, -0.2) is 36.0 Å². The Hall–Kier alpha value is -0.570. The number of nitrogens with one attached hydrogen (secondary N) is 1. The highest BCUT2D eigenvalue weighted by Crippen LogP contribution is 2.21. The summed E-state index contributed by atoms with van der Waals surface area (Å²) in [5, 5.41) is 3.44. The summed E-state index contributed by atoms with van der Waals surface area (Å²) in [5.74, 6) is 0.362. The standard InChI is InChI=1S/C10H18N2O/c1-8-9(4-2-6-11-8)12-7-3-5-10(12)13/h8-9,11H,2-7H2,1H3/t8-,9-/m0/s1. The third-order valence-corrected chi connectivity index (χ3v) is 3.23. The molecular weight excluding hydrogens is 164 g/mol. The maximum atomic E-state index is 11.5. The lowest BCUT2D eigenvalue weighted by molar-refractivity contribution is -0.130.